The van der Waals surface area contributed by atoms with Crippen molar-refractivity contribution in [2.24, 2.45) is 22.7 Å². The molecule has 6 rings (SSSR count). The van der Waals surface area contributed by atoms with Gasteiger partial charge in [-0.15, -0.1) is 0 Å². The van der Waals surface area contributed by atoms with E-state index in [-0.39, 0.29) is 30.6 Å². The van der Waals surface area contributed by atoms with Crippen molar-refractivity contribution in [1.82, 2.24) is 0 Å². The Labute approximate surface area is 238 Å². The molecule has 6 atom stereocenters. The highest BCUT2D eigenvalue weighted by molar-refractivity contribution is 5.44. The first kappa shape index (κ1) is 29.5. The molecule has 3 saturated carbocycles. The molecule has 0 amide bonds. The average molecular weight is 585 g/mol. The Morgan fingerprint density at radius 1 is 0.878 bits per heavy atom. The van der Waals surface area contributed by atoms with Crippen LogP contribution in [0.4, 0.5) is 22.0 Å². The van der Waals surface area contributed by atoms with Gasteiger partial charge in [0.1, 0.15) is 5.60 Å². The lowest BCUT2D eigenvalue weighted by Crippen LogP contribution is -2.65. The van der Waals surface area contributed by atoms with E-state index in [0.717, 1.165) is 22.3 Å². The smallest absolute Gasteiger partial charge is 0.385 e. The summed E-state index contributed by atoms with van der Waals surface area (Å²) in [6.07, 6.45) is -4.39. The highest BCUT2D eigenvalue weighted by atomic mass is 19.4. The van der Waals surface area contributed by atoms with Crippen molar-refractivity contribution < 1.29 is 41.6 Å². The summed E-state index contributed by atoms with van der Waals surface area (Å²) in [6.45, 7) is 8.51. The third kappa shape index (κ3) is 4.19. The zero-order chi connectivity index (χ0) is 29.9. The van der Waals surface area contributed by atoms with Gasteiger partial charge in [-0.2, -0.15) is 22.0 Å². The fourth-order valence-electron chi connectivity index (χ4n) is 9.11. The van der Waals surface area contributed by atoms with Crippen LogP contribution in [-0.4, -0.2) is 52.5 Å². The molecule has 0 aromatic heterocycles. The molecule has 1 spiro atoms. The van der Waals surface area contributed by atoms with Crippen molar-refractivity contribution >= 4 is 0 Å². The van der Waals surface area contributed by atoms with Crippen LogP contribution in [0.5, 0.6) is 0 Å². The maximum atomic E-state index is 15.2. The molecule has 4 fully saturated rings. The Morgan fingerprint density at radius 2 is 1.51 bits per heavy atom. The fraction of sp³-hybridized carbons (Fsp3) is 0.750. The Bertz CT molecular complexity index is 1230. The maximum Gasteiger partial charge on any atom is 0.456 e. The number of allylic oxidation sites excluding steroid dienone is 1. The molecule has 4 nitrogen and oxygen atoms in total. The topological polar surface area (TPSA) is 58.9 Å². The molecule has 2 N–H and O–H groups in total. The van der Waals surface area contributed by atoms with Crippen molar-refractivity contribution in [3.8, 4) is 0 Å². The SMILES string of the molecule is Cc1ccc([C@H]2CC3(C)C(CCC3(O)C(F)(F)C(F)(F)F)C3CCC4(O)CC5(CCC4=C32)OCC(C)(C)CO5)cc1. The highest BCUT2D eigenvalue weighted by Gasteiger charge is 2.79. The van der Waals surface area contributed by atoms with Gasteiger partial charge in [0.15, 0.2) is 5.79 Å². The summed E-state index contributed by atoms with van der Waals surface area (Å²) in [6, 6.07) is 7.62. The Morgan fingerprint density at radius 3 is 2.12 bits per heavy atom. The minimum atomic E-state index is -5.86. The summed E-state index contributed by atoms with van der Waals surface area (Å²) < 4.78 is 84.2. The van der Waals surface area contributed by atoms with E-state index in [1.807, 2.05) is 31.2 Å². The van der Waals surface area contributed by atoms with Crippen LogP contribution in [0, 0.1) is 29.6 Å². The molecular formula is C32H41F5O4. The van der Waals surface area contributed by atoms with E-state index in [1.165, 1.54) is 6.92 Å². The number of halogens is 5. The third-order valence-electron chi connectivity index (χ3n) is 11.4. The molecule has 5 unspecified atom stereocenters. The molecule has 1 saturated heterocycles. The molecule has 1 heterocycles. The number of ether oxygens (including phenoxy) is 2. The van der Waals surface area contributed by atoms with Crippen molar-refractivity contribution in [2.75, 3.05) is 13.2 Å². The van der Waals surface area contributed by atoms with Crippen molar-refractivity contribution in [2.45, 2.75) is 114 Å². The first-order valence-electron chi connectivity index (χ1n) is 14.8. The molecule has 41 heavy (non-hydrogen) atoms. The standard InChI is InChI=1S/C32H41F5O4/c1-19-5-7-20(8-6-19)22-15-27(4)23(11-14-30(27,39)31(33,34)32(35,36)37)21-9-12-28(38)16-29(13-10-24(28)25(21)22)40-17-26(2,3)18-41-29/h5-8,21-23,38-39H,9-18H2,1-4H3/t21?,22-,23?,27?,28?,30?/m1/s1. The summed E-state index contributed by atoms with van der Waals surface area (Å²) in [5.41, 5.74) is -2.61. The van der Waals surface area contributed by atoms with Gasteiger partial charge in [-0.05, 0) is 68.4 Å². The number of alkyl halides is 5. The van der Waals surface area contributed by atoms with Crippen molar-refractivity contribution in [1.29, 1.82) is 0 Å². The third-order valence-corrected chi connectivity index (χ3v) is 11.4. The first-order chi connectivity index (χ1) is 18.9. The van der Waals surface area contributed by atoms with Crippen LogP contribution in [0.1, 0.15) is 89.2 Å². The number of aryl methyl sites for hydroxylation is 1. The monoisotopic (exact) mass is 584 g/mol. The van der Waals surface area contributed by atoms with E-state index >= 15 is 8.78 Å². The average Bonchev–Trinajstić information content (AvgIpc) is 3.16. The summed E-state index contributed by atoms with van der Waals surface area (Å²) >= 11 is 0. The Kier molecular flexibility index (Phi) is 6.47. The van der Waals surface area contributed by atoms with Crippen LogP contribution in [0.3, 0.4) is 0 Å². The highest BCUT2D eigenvalue weighted by Crippen LogP contribution is 2.71. The molecule has 0 bridgehead atoms. The molecule has 5 aliphatic rings. The molecular weight excluding hydrogens is 543 g/mol. The minimum Gasteiger partial charge on any atom is -0.385 e. The minimum absolute atomic E-state index is 0.0549. The molecule has 1 aliphatic heterocycles. The normalized spacial score (nSPS) is 40.2. The van der Waals surface area contributed by atoms with Gasteiger partial charge in [-0.25, -0.2) is 0 Å². The lowest BCUT2D eigenvalue weighted by Gasteiger charge is -2.59. The molecule has 1 aromatic carbocycles. The maximum absolute atomic E-state index is 15.2. The molecule has 4 aliphatic carbocycles. The van der Waals surface area contributed by atoms with Gasteiger partial charge in [0, 0.05) is 29.6 Å². The predicted molar refractivity (Wildman–Crippen MR) is 142 cm³/mol. The predicted octanol–water partition coefficient (Wildman–Crippen LogP) is 7.22. The number of fused-ring (bicyclic) bond motifs is 4. The van der Waals surface area contributed by atoms with Crippen LogP contribution in [0.2, 0.25) is 0 Å². The van der Waals surface area contributed by atoms with Crippen LogP contribution in [-0.2, 0) is 9.47 Å². The van der Waals surface area contributed by atoms with Crippen LogP contribution < -0.4 is 0 Å². The Balaban J connectivity index is 1.45. The quantitative estimate of drug-likeness (QED) is 0.285. The van der Waals surface area contributed by atoms with Gasteiger partial charge in [0.25, 0.3) is 0 Å². The van der Waals surface area contributed by atoms with Crippen LogP contribution in [0.15, 0.2) is 35.4 Å². The largest absolute Gasteiger partial charge is 0.456 e. The van der Waals surface area contributed by atoms with E-state index in [9.17, 15) is 23.4 Å². The Hall–Kier alpha value is -1.55. The first-order valence-corrected chi connectivity index (χ1v) is 14.8. The van der Waals surface area contributed by atoms with Gasteiger partial charge < -0.3 is 19.7 Å². The number of rotatable bonds is 2. The van der Waals surface area contributed by atoms with Gasteiger partial charge in [0.2, 0.25) is 0 Å². The van der Waals surface area contributed by atoms with E-state index in [4.69, 9.17) is 9.47 Å². The zero-order valence-electron chi connectivity index (χ0n) is 24.2. The lowest BCUT2D eigenvalue weighted by atomic mass is 9.49. The van der Waals surface area contributed by atoms with E-state index < -0.39 is 52.8 Å². The van der Waals surface area contributed by atoms with Crippen molar-refractivity contribution in [3.05, 3.63) is 46.5 Å². The second-order valence-corrected chi connectivity index (χ2v) is 14.6. The molecule has 1 aromatic rings. The molecule has 0 radical (unpaired) electrons. The summed E-state index contributed by atoms with van der Waals surface area (Å²) in [4.78, 5) is 0. The summed E-state index contributed by atoms with van der Waals surface area (Å²) in [5.74, 6) is -7.52. The second kappa shape index (κ2) is 8.99. The number of aliphatic hydroxyl groups is 2. The molecule has 9 heteroatoms. The molecule has 228 valence electrons. The summed E-state index contributed by atoms with van der Waals surface area (Å²) in [7, 11) is 0. The van der Waals surface area contributed by atoms with Gasteiger partial charge >= 0.3 is 12.1 Å². The van der Waals surface area contributed by atoms with Gasteiger partial charge in [-0.1, -0.05) is 56.2 Å². The number of hydrogen-bond acceptors (Lipinski definition) is 4. The zero-order valence-corrected chi connectivity index (χ0v) is 24.2. The van der Waals surface area contributed by atoms with E-state index in [2.05, 4.69) is 13.8 Å². The fourth-order valence-corrected chi connectivity index (χ4v) is 9.11. The van der Waals surface area contributed by atoms with Crippen molar-refractivity contribution in [3.63, 3.8) is 0 Å². The van der Waals surface area contributed by atoms with Gasteiger partial charge in [-0.3, -0.25) is 0 Å². The number of benzene rings is 1. The lowest BCUT2D eigenvalue weighted by molar-refractivity contribution is -0.362. The van der Waals surface area contributed by atoms with Crippen LogP contribution in [0.25, 0.3) is 0 Å². The van der Waals surface area contributed by atoms with Crippen LogP contribution >= 0.6 is 0 Å². The van der Waals surface area contributed by atoms with Gasteiger partial charge in [0.05, 0.1) is 18.8 Å². The number of hydrogen-bond donors (Lipinski definition) is 2. The van der Waals surface area contributed by atoms with E-state index in [0.29, 0.717) is 38.9 Å². The van der Waals surface area contributed by atoms with E-state index in [1.54, 1.807) is 0 Å². The summed E-state index contributed by atoms with van der Waals surface area (Å²) in [5, 5.41) is 23.6. The second-order valence-electron chi connectivity index (χ2n) is 14.6.